The van der Waals surface area contributed by atoms with Crippen molar-refractivity contribution in [3.8, 4) is 6.07 Å². The highest BCUT2D eigenvalue weighted by Crippen LogP contribution is 2.25. The van der Waals surface area contributed by atoms with E-state index in [9.17, 15) is 4.79 Å². The lowest BCUT2D eigenvalue weighted by Crippen LogP contribution is -2.40. The minimum absolute atomic E-state index is 0.0370. The van der Waals surface area contributed by atoms with E-state index in [1.165, 1.54) is 0 Å². The first kappa shape index (κ1) is 19.7. The Balaban J connectivity index is 1.58. The highest BCUT2D eigenvalue weighted by Gasteiger charge is 2.26. The van der Waals surface area contributed by atoms with Crippen molar-refractivity contribution in [1.29, 1.82) is 5.26 Å². The molecule has 0 spiro atoms. The summed E-state index contributed by atoms with van der Waals surface area (Å²) in [5.74, 6) is -0.0152. The van der Waals surface area contributed by atoms with Crippen molar-refractivity contribution in [2.75, 3.05) is 18.4 Å². The molecule has 0 radical (unpaired) electrons. The van der Waals surface area contributed by atoms with Gasteiger partial charge in [0.25, 0.3) is 0 Å². The van der Waals surface area contributed by atoms with E-state index in [1.807, 2.05) is 36.4 Å². The molecule has 1 atom stereocenters. The minimum atomic E-state index is -0.0522. The van der Waals surface area contributed by atoms with E-state index in [1.54, 1.807) is 6.07 Å². The maximum Gasteiger partial charge on any atom is 0.228 e. The second-order valence-electron chi connectivity index (χ2n) is 6.83. The molecular weight excluding hydrogens is 381 g/mol. The third-order valence-electron chi connectivity index (χ3n) is 4.79. The zero-order valence-corrected chi connectivity index (χ0v) is 16.4. The molecule has 3 rings (SSSR count). The van der Waals surface area contributed by atoms with Crippen LogP contribution in [0.2, 0.25) is 10.0 Å². The van der Waals surface area contributed by atoms with Crippen LogP contribution in [-0.4, -0.2) is 23.9 Å². The Morgan fingerprint density at radius 2 is 2.00 bits per heavy atom. The molecule has 0 aromatic heterocycles. The zero-order chi connectivity index (χ0) is 19.2. The smallest absolute Gasteiger partial charge is 0.228 e. The summed E-state index contributed by atoms with van der Waals surface area (Å²) in [7, 11) is 0. The summed E-state index contributed by atoms with van der Waals surface area (Å²) in [6, 6.07) is 15.1. The predicted octanol–water partition coefficient (Wildman–Crippen LogP) is 4.91. The number of benzene rings is 2. The number of rotatable bonds is 5. The van der Waals surface area contributed by atoms with E-state index in [2.05, 4.69) is 16.3 Å². The molecule has 0 bridgehead atoms. The third kappa shape index (κ3) is 5.46. The third-order valence-corrected chi connectivity index (χ3v) is 5.38. The van der Waals surface area contributed by atoms with Crippen molar-refractivity contribution in [1.82, 2.24) is 4.90 Å². The summed E-state index contributed by atoms with van der Waals surface area (Å²) in [6.45, 7) is 2.37. The maximum atomic E-state index is 12.7. The van der Waals surface area contributed by atoms with Crippen molar-refractivity contribution in [3.05, 3.63) is 63.6 Å². The van der Waals surface area contributed by atoms with Gasteiger partial charge in [-0.05, 0) is 54.8 Å². The van der Waals surface area contributed by atoms with E-state index in [0.29, 0.717) is 29.6 Å². The topological polar surface area (TPSA) is 56.1 Å². The standard InChI is InChI=1S/C21H21Cl2N3O/c22-18-6-5-16(20(23)12-18)13-26-11-1-2-17(14-26)21(27)25-19-7-3-15(4-8-19)9-10-24/h3-8,12,17H,1-2,9,11,13-14H2,(H,25,27). The largest absolute Gasteiger partial charge is 0.326 e. The zero-order valence-electron chi connectivity index (χ0n) is 14.9. The van der Waals surface area contributed by atoms with Gasteiger partial charge in [0, 0.05) is 28.8 Å². The van der Waals surface area contributed by atoms with Crippen molar-refractivity contribution < 1.29 is 4.79 Å². The summed E-state index contributed by atoms with van der Waals surface area (Å²) >= 11 is 12.2. The number of hydrogen-bond donors (Lipinski definition) is 1. The highest BCUT2D eigenvalue weighted by atomic mass is 35.5. The molecule has 6 heteroatoms. The van der Waals surface area contributed by atoms with Gasteiger partial charge in [-0.2, -0.15) is 5.26 Å². The maximum absolute atomic E-state index is 12.7. The van der Waals surface area contributed by atoms with Crippen molar-refractivity contribution >= 4 is 34.8 Å². The number of nitriles is 1. The summed E-state index contributed by atoms with van der Waals surface area (Å²) in [5, 5.41) is 13.0. The van der Waals surface area contributed by atoms with Crippen LogP contribution in [0.4, 0.5) is 5.69 Å². The Bertz CT molecular complexity index is 845. The fraction of sp³-hybridized carbons (Fsp3) is 0.333. The van der Waals surface area contributed by atoms with Gasteiger partial charge in [-0.15, -0.1) is 0 Å². The molecule has 0 saturated carbocycles. The lowest BCUT2D eigenvalue weighted by atomic mass is 9.96. The fourth-order valence-electron chi connectivity index (χ4n) is 3.35. The number of nitrogens with one attached hydrogen (secondary N) is 1. The summed E-state index contributed by atoms with van der Waals surface area (Å²) in [5.41, 5.74) is 2.73. The second-order valence-corrected chi connectivity index (χ2v) is 7.67. The monoisotopic (exact) mass is 401 g/mol. The van der Waals surface area contributed by atoms with Crippen LogP contribution < -0.4 is 5.32 Å². The Morgan fingerprint density at radius 1 is 1.22 bits per heavy atom. The van der Waals surface area contributed by atoms with Crippen molar-refractivity contribution in [2.24, 2.45) is 5.92 Å². The first-order chi connectivity index (χ1) is 13.0. The van der Waals surface area contributed by atoms with Gasteiger partial charge < -0.3 is 5.32 Å². The van der Waals surface area contributed by atoms with Crippen LogP contribution in [0.3, 0.4) is 0 Å². The van der Waals surface area contributed by atoms with Crippen LogP contribution in [0.1, 0.15) is 24.0 Å². The molecule has 140 valence electrons. The lowest BCUT2D eigenvalue weighted by Gasteiger charge is -2.32. The van der Waals surface area contributed by atoms with E-state index < -0.39 is 0 Å². The molecule has 2 aromatic carbocycles. The highest BCUT2D eigenvalue weighted by molar-refractivity contribution is 6.35. The Hall–Kier alpha value is -2.06. The van der Waals surface area contributed by atoms with Gasteiger partial charge in [-0.3, -0.25) is 9.69 Å². The molecule has 2 aromatic rings. The molecule has 1 aliphatic rings. The Morgan fingerprint density at radius 3 is 2.70 bits per heavy atom. The Kier molecular flexibility index (Phi) is 6.73. The molecule has 1 fully saturated rings. The number of likely N-dealkylation sites (tertiary alicyclic amines) is 1. The van der Waals surface area contributed by atoms with Gasteiger partial charge in [0.1, 0.15) is 0 Å². The van der Waals surface area contributed by atoms with Crippen molar-refractivity contribution in [3.63, 3.8) is 0 Å². The van der Waals surface area contributed by atoms with Gasteiger partial charge in [-0.1, -0.05) is 41.4 Å². The van der Waals surface area contributed by atoms with Crippen LogP contribution in [0.5, 0.6) is 0 Å². The van der Waals surface area contributed by atoms with Crippen LogP contribution in [0.25, 0.3) is 0 Å². The number of carbonyl (C=O) groups excluding carboxylic acids is 1. The van der Waals surface area contributed by atoms with Gasteiger partial charge in [0.15, 0.2) is 0 Å². The van der Waals surface area contributed by atoms with E-state index in [-0.39, 0.29) is 11.8 Å². The molecule has 27 heavy (non-hydrogen) atoms. The molecular formula is C21H21Cl2N3O. The number of anilines is 1. The van der Waals surface area contributed by atoms with Crippen molar-refractivity contribution in [2.45, 2.75) is 25.8 Å². The molecule has 1 heterocycles. The number of halogens is 2. The number of carbonyl (C=O) groups is 1. The van der Waals surface area contributed by atoms with E-state index in [0.717, 1.165) is 36.2 Å². The number of amides is 1. The quantitative estimate of drug-likeness (QED) is 0.773. The van der Waals surface area contributed by atoms with Gasteiger partial charge in [0.05, 0.1) is 18.4 Å². The molecule has 1 unspecified atom stereocenters. The van der Waals surface area contributed by atoms with Crippen LogP contribution in [-0.2, 0) is 17.8 Å². The van der Waals surface area contributed by atoms with Gasteiger partial charge in [-0.25, -0.2) is 0 Å². The minimum Gasteiger partial charge on any atom is -0.326 e. The SMILES string of the molecule is N#CCc1ccc(NC(=O)C2CCCN(Cc3ccc(Cl)cc3Cl)C2)cc1. The molecule has 1 aliphatic heterocycles. The lowest BCUT2D eigenvalue weighted by molar-refractivity contribution is -0.121. The average molecular weight is 402 g/mol. The molecule has 1 amide bonds. The summed E-state index contributed by atoms with van der Waals surface area (Å²) < 4.78 is 0. The van der Waals surface area contributed by atoms with Gasteiger partial charge in [0.2, 0.25) is 5.91 Å². The van der Waals surface area contributed by atoms with E-state index >= 15 is 0 Å². The van der Waals surface area contributed by atoms with Gasteiger partial charge >= 0.3 is 0 Å². The average Bonchev–Trinajstić information content (AvgIpc) is 2.66. The fourth-order valence-corrected chi connectivity index (χ4v) is 3.81. The molecule has 1 N–H and O–H groups in total. The molecule has 0 aliphatic carbocycles. The van der Waals surface area contributed by atoms with Crippen LogP contribution in [0, 0.1) is 17.2 Å². The van der Waals surface area contributed by atoms with Crippen LogP contribution >= 0.6 is 23.2 Å². The Labute approximate surface area is 169 Å². The molecule has 4 nitrogen and oxygen atoms in total. The summed E-state index contributed by atoms with van der Waals surface area (Å²) in [4.78, 5) is 14.9. The first-order valence-electron chi connectivity index (χ1n) is 8.98. The molecule has 1 saturated heterocycles. The predicted molar refractivity (Wildman–Crippen MR) is 109 cm³/mol. The number of piperidine rings is 1. The normalized spacial score (nSPS) is 17.3. The number of nitrogens with zero attached hydrogens (tertiary/aromatic N) is 2. The summed E-state index contributed by atoms with van der Waals surface area (Å²) in [6.07, 6.45) is 2.23. The first-order valence-corrected chi connectivity index (χ1v) is 9.74. The van der Waals surface area contributed by atoms with E-state index in [4.69, 9.17) is 28.5 Å². The number of hydrogen-bond acceptors (Lipinski definition) is 3. The second kappa shape index (κ2) is 9.23. The van der Waals surface area contributed by atoms with Crippen LogP contribution in [0.15, 0.2) is 42.5 Å².